The molecule has 6 nitrogen and oxygen atoms in total. The number of carbonyl (C=O) groups excluding carboxylic acids is 2. The van der Waals surface area contributed by atoms with Crippen LogP contribution in [-0.2, 0) is 16.0 Å². The van der Waals surface area contributed by atoms with Crippen molar-refractivity contribution in [2.24, 2.45) is 5.92 Å². The van der Waals surface area contributed by atoms with Crippen LogP contribution in [0.2, 0.25) is 0 Å². The van der Waals surface area contributed by atoms with E-state index < -0.39 is 5.97 Å². The van der Waals surface area contributed by atoms with Gasteiger partial charge in [0, 0.05) is 18.5 Å². The highest BCUT2D eigenvalue weighted by molar-refractivity contribution is 5.96. The van der Waals surface area contributed by atoms with Crippen LogP contribution in [0.5, 0.6) is 5.75 Å². The molecular weight excluding hydrogens is 404 g/mol. The van der Waals surface area contributed by atoms with Gasteiger partial charge < -0.3 is 14.4 Å². The molecule has 1 fully saturated rings. The first kappa shape index (κ1) is 21.8. The van der Waals surface area contributed by atoms with Gasteiger partial charge in [-0.1, -0.05) is 30.3 Å². The third kappa shape index (κ3) is 5.07. The van der Waals surface area contributed by atoms with E-state index in [1.807, 2.05) is 24.3 Å². The maximum atomic E-state index is 12.6. The molecule has 3 aromatic rings. The number of rotatable bonds is 6. The fraction of sp³-hybridized carbons (Fsp3) is 0.346. The summed E-state index contributed by atoms with van der Waals surface area (Å²) in [5.41, 5.74) is 3.04. The average Bonchev–Trinajstić information content (AvgIpc) is 2.82. The van der Waals surface area contributed by atoms with Gasteiger partial charge in [-0.2, -0.15) is 0 Å². The minimum Gasteiger partial charge on any atom is -0.497 e. The Kier molecular flexibility index (Phi) is 6.69. The maximum absolute atomic E-state index is 12.6. The maximum Gasteiger partial charge on any atom is 0.340 e. The predicted molar refractivity (Wildman–Crippen MR) is 123 cm³/mol. The second-order valence-corrected chi connectivity index (χ2v) is 8.27. The summed E-state index contributed by atoms with van der Waals surface area (Å²) in [5.74, 6) is 0.581. The van der Waals surface area contributed by atoms with E-state index in [9.17, 15) is 9.59 Å². The Morgan fingerprint density at radius 1 is 1.06 bits per heavy atom. The summed E-state index contributed by atoms with van der Waals surface area (Å²) in [7, 11) is 1.59. The zero-order valence-corrected chi connectivity index (χ0v) is 18.5. The second kappa shape index (κ2) is 9.81. The highest BCUT2D eigenvalue weighted by atomic mass is 16.5. The van der Waals surface area contributed by atoms with Crippen LogP contribution in [0, 0.1) is 12.8 Å². The number of aromatic nitrogens is 1. The quantitative estimate of drug-likeness (QED) is 0.547. The lowest BCUT2D eigenvalue weighted by Crippen LogP contribution is -2.41. The number of carbonyl (C=O) groups is 2. The van der Waals surface area contributed by atoms with Crippen molar-refractivity contribution in [1.29, 1.82) is 0 Å². The number of hydrogen-bond acceptors (Lipinski definition) is 5. The molecule has 2 heterocycles. The first-order valence-corrected chi connectivity index (χ1v) is 11.0. The van der Waals surface area contributed by atoms with Crippen molar-refractivity contribution in [3.05, 3.63) is 71.4 Å². The fourth-order valence-corrected chi connectivity index (χ4v) is 4.21. The standard InChI is InChI=1S/C26H28N2O4/c1-18-23(16-21-15-22(31-2)8-9-24(21)27-18)26(30)32-17-25(29)28-12-10-20(11-13-28)14-19-6-4-3-5-7-19/h3-9,15-16,20H,10-14,17H2,1-2H3. The minimum atomic E-state index is -0.535. The highest BCUT2D eigenvalue weighted by Crippen LogP contribution is 2.23. The van der Waals surface area contributed by atoms with E-state index in [1.54, 1.807) is 25.0 Å². The molecule has 1 amide bonds. The molecule has 32 heavy (non-hydrogen) atoms. The van der Waals surface area contributed by atoms with Crippen molar-refractivity contribution in [3.63, 3.8) is 0 Å². The molecule has 0 radical (unpaired) electrons. The van der Waals surface area contributed by atoms with E-state index >= 15 is 0 Å². The molecular formula is C26H28N2O4. The number of esters is 1. The van der Waals surface area contributed by atoms with Crippen LogP contribution in [0.4, 0.5) is 0 Å². The average molecular weight is 433 g/mol. The third-order valence-electron chi connectivity index (χ3n) is 6.09. The summed E-state index contributed by atoms with van der Waals surface area (Å²) in [6, 6.07) is 17.7. The molecule has 4 rings (SSSR count). The van der Waals surface area contributed by atoms with Crippen LogP contribution >= 0.6 is 0 Å². The molecule has 0 spiro atoms. The van der Waals surface area contributed by atoms with E-state index in [-0.39, 0.29) is 12.5 Å². The van der Waals surface area contributed by atoms with E-state index in [1.165, 1.54) is 5.56 Å². The zero-order chi connectivity index (χ0) is 22.5. The molecule has 0 aliphatic carbocycles. The smallest absolute Gasteiger partial charge is 0.340 e. The molecule has 166 valence electrons. The lowest BCUT2D eigenvalue weighted by atomic mass is 9.90. The highest BCUT2D eigenvalue weighted by Gasteiger charge is 2.24. The number of fused-ring (bicyclic) bond motifs is 1. The van der Waals surface area contributed by atoms with E-state index in [4.69, 9.17) is 9.47 Å². The number of aryl methyl sites for hydroxylation is 1. The number of piperidine rings is 1. The molecule has 1 saturated heterocycles. The van der Waals surface area contributed by atoms with Gasteiger partial charge in [0.15, 0.2) is 6.61 Å². The van der Waals surface area contributed by atoms with E-state index in [0.29, 0.717) is 36.0 Å². The van der Waals surface area contributed by atoms with Crippen LogP contribution in [0.1, 0.15) is 34.5 Å². The van der Waals surface area contributed by atoms with Gasteiger partial charge in [-0.15, -0.1) is 0 Å². The Morgan fingerprint density at radius 3 is 2.53 bits per heavy atom. The van der Waals surface area contributed by atoms with Crippen molar-refractivity contribution in [3.8, 4) is 5.75 Å². The molecule has 1 aliphatic heterocycles. The summed E-state index contributed by atoms with van der Waals surface area (Å²) < 4.78 is 10.6. The number of amides is 1. The number of ether oxygens (including phenoxy) is 2. The van der Waals surface area contributed by atoms with Crippen molar-refractivity contribution in [1.82, 2.24) is 9.88 Å². The number of methoxy groups -OCH3 is 1. The number of benzene rings is 2. The number of likely N-dealkylation sites (tertiary alicyclic amines) is 1. The minimum absolute atomic E-state index is 0.149. The summed E-state index contributed by atoms with van der Waals surface area (Å²) >= 11 is 0. The topological polar surface area (TPSA) is 68.7 Å². The van der Waals surface area contributed by atoms with Gasteiger partial charge >= 0.3 is 5.97 Å². The summed E-state index contributed by atoms with van der Waals surface area (Å²) in [6.07, 6.45) is 2.96. The Balaban J connectivity index is 1.31. The molecule has 0 saturated carbocycles. The Bertz CT molecular complexity index is 1110. The van der Waals surface area contributed by atoms with Gasteiger partial charge in [-0.05, 0) is 61.9 Å². The van der Waals surface area contributed by atoms with Gasteiger partial charge in [0.25, 0.3) is 5.91 Å². The van der Waals surface area contributed by atoms with Crippen molar-refractivity contribution in [2.45, 2.75) is 26.2 Å². The molecule has 6 heteroatoms. The first-order valence-electron chi connectivity index (χ1n) is 11.0. The lowest BCUT2D eigenvalue weighted by Gasteiger charge is -2.32. The normalized spacial score (nSPS) is 14.4. The SMILES string of the molecule is COc1ccc2nc(C)c(C(=O)OCC(=O)N3CCC(Cc4ccccc4)CC3)cc2c1. The van der Waals surface area contributed by atoms with Gasteiger partial charge in [0.05, 0.1) is 23.9 Å². The van der Waals surface area contributed by atoms with Crippen molar-refractivity contribution < 1.29 is 19.1 Å². The van der Waals surface area contributed by atoms with Crippen LogP contribution in [0.3, 0.4) is 0 Å². The summed E-state index contributed by atoms with van der Waals surface area (Å²) in [6.45, 7) is 2.91. The van der Waals surface area contributed by atoms with Crippen LogP contribution in [0.15, 0.2) is 54.6 Å². The van der Waals surface area contributed by atoms with E-state index in [0.717, 1.165) is 30.2 Å². The zero-order valence-electron chi connectivity index (χ0n) is 18.5. The summed E-state index contributed by atoms with van der Waals surface area (Å²) in [5, 5.41) is 0.786. The first-order chi connectivity index (χ1) is 15.5. The molecule has 0 N–H and O–H groups in total. The van der Waals surface area contributed by atoms with Crippen molar-refractivity contribution >= 4 is 22.8 Å². The molecule has 1 aliphatic rings. The molecule has 2 aromatic carbocycles. The lowest BCUT2D eigenvalue weighted by molar-refractivity contribution is -0.135. The fourth-order valence-electron chi connectivity index (χ4n) is 4.21. The van der Waals surface area contributed by atoms with Gasteiger partial charge in [-0.25, -0.2) is 4.79 Å². The van der Waals surface area contributed by atoms with Gasteiger partial charge in [0.2, 0.25) is 0 Å². The second-order valence-electron chi connectivity index (χ2n) is 8.27. The van der Waals surface area contributed by atoms with Crippen LogP contribution in [-0.4, -0.2) is 48.6 Å². The molecule has 0 bridgehead atoms. The Morgan fingerprint density at radius 2 is 1.81 bits per heavy atom. The molecule has 1 aromatic heterocycles. The Hall–Kier alpha value is -3.41. The van der Waals surface area contributed by atoms with E-state index in [2.05, 4.69) is 29.2 Å². The van der Waals surface area contributed by atoms with Crippen LogP contribution in [0.25, 0.3) is 10.9 Å². The van der Waals surface area contributed by atoms with Gasteiger partial charge in [0.1, 0.15) is 5.75 Å². The number of hydrogen-bond donors (Lipinski definition) is 0. The number of pyridine rings is 1. The third-order valence-corrected chi connectivity index (χ3v) is 6.09. The van der Waals surface area contributed by atoms with Gasteiger partial charge in [-0.3, -0.25) is 9.78 Å². The Labute approximate surface area is 188 Å². The molecule has 0 unspecified atom stereocenters. The largest absolute Gasteiger partial charge is 0.497 e. The summed E-state index contributed by atoms with van der Waals surface area (Å²) in [4.78, 5) is 31.5. The predicted octanol–water partition coefficient (Wildman–Crippen LogP) is 4.19. The van der Waals surface area contributed by atoms with Crippen molar-refractivity contribution in [2.75, 3.05) is 26.8 Å². The monoisotopic (exact) mass is 432 g/mol. The molecule has 0 atom stereocenters. The van der Waals surface area contributed by atoms with Crippen LogP contribution < -0.4 is 4.74 Å². The number of nitrogens with zero attached hydrogens (tertiary/aromatic N) is 2.